The lowest BCUT2D eigenvalue weighted by atomic mass is 10.1. The lowest BCUT2D eigenvalue weighted by Gasteiger charge is -2.11. The summed E-state index contributed by atoms with van der Waals surface area (Å²) in [6, 6.07) is 5.59. The predicted molar refractivity (Wildman–Crippen MR) is 69.0 cm³/mol. The third-order valence-corrected chi connectivity index (χ3v) is 2.69. The Morgan fingerprint density at radius 2 is 1.90 bits per heavy atom. The van der Waals surface area contributed by atoms with Crippen molar-refractivity contribution in [3.63, 3.8) is 0 Å². The van der Waals surface area contributed by atoms with Crippen LogP contribution in [0.1, 0.15) is 15.9 Å². The molecule has 4 nitrogen and oxygen atoms in total. The third kappa shape index (κ3) is 2.69. The van der Waals surface area contributed by atoms with Gasteiger partial charge < -0.3 is 15.6 Å². The van der Waals surface area contributed by atoms with E-state index in [9.17, 15) is 13.6 Å². The number of hydrogen-bond donors (Lipinski definition) is 2. The summed E-state index contributed by atoms with van der Waals surface area (Å²) < 4.78 is 32.0. The number of ether oxygens (including phenoxy) is 1. The van der Waals surface area contributed by atoms with E-state index >= 15 is 0 Å². The fourth-order valence-electron chi connectivity index (χ4n) is 1.68. The fourth-order valence-corrected chi connectivity index (χ4v) is 1.68. The van der Waals surface area contributed by atoms with Crippen molar-refractivity contribution in [2.75, 3.05) is 5.73 Å². The van der Waals surface area contributed by atoms with Crippen LogP contribution in [0, 0.1) is 18.6 Å². The number of halogens is 2. The summed E-state index contributed by atoms with van der Waals surface area (Å²) in [7, 11) is 0. The van der Waals surface area contributed by atoms with Gasteiger partial charge in [-0.25, -0.2) is 13.6 Å². The van der Waals surface area contributed by atoms with Crippen LogP contribution in [0.4, 0.5) is 14.5 Å². The minimum Gasteiger partial charge on any atom is -0.478 e. The molecule has 0 saturated carbocycles. The first-order valence-corrected chi connectivity index (χ1v) is 5.65. The van der Waals surface area contributed by atoms with Crippen molar-refractivity contribution in [1.82, 2.24) is 0 Å². The van der Waals surface area contributed by atoms with E-state index in [-0.39, 0.29) is 22.7 Å². The van der Waals surface area contributed by atoms with Gasteiger partial charge in [0.1, 0.15) is 11.6 Å². The molecule has 20 heavy (non-hydrogen) atoms. The van der Waals surface area contributed by atoms with Crippen molar-refractivity contribution in [1.29, 1.82) is 0 Å². The monoisotopic (exact) mass is 279 g/mol. The molecule has 0 unspecified atom stereocenters. The Morgan fingerprint density at radius 1 is 1.20 bits per heavy atom. The maximum Gasteiger partial charge on any atom is 0.337 e. The molecule has 0 spiro atoms. The van der Waals surface area contributed by atoms with Crippen LogP contribution >= 0.6 is 0 Å². The van der Waals surface area contributed by atoms with Crippen molar-refractivity contribution in [2.45, 2.75) is 6.92 Å². The highest BCUT2D eigenvalue weighted by atomic mass is 19.1. The van der Waals surface area contributed by atoms with Gasteiger partial charge in [0.05, 0.1) is 5.56 Å². The highest BCUT2D eigenvalue weighted by Crippen LogP contribution is 2.30. The van der Waals surface area contributed by atoms with Gasteiger partial charge >= 0.3 is 5.97 Å². The largest absolute Gasteiger partial charge is 0.478 e. The molecular formula is C14H11F2NO3. The van der Waals surface area contributed by atoms with E-state index in [0.29, 0.717) is 5.56 Å². The van der Waals surface area contributed by atoms with Gasteiger partial charge in [-0.3, -0.25) is 0 Å². The number of aromatic carboxylic acids is 1. The Labute approximate surface area is 113 Å². The summed E-state index contributed by atoms with van der Waals surface area (Å²) in [4.78, 5) is 10.9. The molecule has 3 N–H and O–H groups in total. The van der Waals surface area contributed by atoms with E-state index in [1.807, 2.05) is 0 Å². The first kappa shape index (κ1) is 13.8. The molecule has 0 atom stereocenters. The summed E-state index contributed by atoms with van der Waals surface area (Å²) in [5.74, 6) is -2.59. The summed E-state index contributed by atoms with van der Waals surface area (Å²) in [6.07, 6.45) is 0. The zero-order valence-corrected chi connectivity index (χ0v) is 10.5. The molecule has 0 fully saturated rings. The first-order chi connectivity index (χ1) is 9.38. The molecule has 0 aliphatic rings. The number of carboxylic acids is 1. The maximum atomic E-state index is 13.7. The van der Waals surface area contributed by atoms with Crippen molar-refractivity contribution in [2.24, 2.45) is 0 Å². The molecule has 6 heteroatoms. The molecule has 2 aromatic carbocycles. The van der Waals surface area contributed by atoms with Crippen molar-refractivity contribution in [3.8, 4) is 11.5 Å². The van der Waals surface area contributed by atoms with Crippen LogP contribution in [-0.4, -0.2) is 11.1 Å². The molecule has 0 bridgehead atoms. The van der Waals surface area contributed by atoms with Crippen molar-refractivity contribution < 1.29 is 23.4 Å². The maximum absolute atomic E-state index is 13.7. The Hall–Kier alpha value is -2.63. The van der Waals surface area contributed by atoms with Gasteiger partial charge in [-0.1, -0.05) is 0 Å². The quantitative estimate of drug-likeness (QED) is 0.845. The summed E-state index contributed by atoms with van der Waals surface area (Å²) >= 11 is 0. The standard InChI is InChI=1S/C14H11F2NO3/c1-7-4-8(15)2-3-12(7)20-13-5-9(14(18)19)11(17)6-10(13)16/h2-6H,17H2,1H3,(H,18,19). The third-order valence-electron chi connectivity index (χ3n) is 2.69. The number of nitrogen functional groups attached to an aromatic ring is 1. The molecule has 0 saturated heterocycles. The molecule has 0 aromatic heterocycles. The van der Waals surface area contributed by atoms with E-state index < -0.39 is 17.6 Å². The van der Waals surface area contributed by atoms with E-state index in [4.69, 9.17) is 15.6 Å². The molecular weight excluding hydrogens is 268 g/mol. The molecule has 0 aliphatic heterocycles. The van der Waals surface area contributed by atoms with E-state index in [1.54, 1.807) is 6.92 Å². The predicted octanol–water partition coefficient (Wildman–Crippen LogP) is 3.35. The Morgan fingerprint density at radius 3 is 2.50 bits per heavy atom. The highest BCUT2D eigenvalue weighted by molar-refractivity contribution is 5.94. The number of hydrogen-bond acceptors (Lipinski definition) is 3. The van der Waals surface area contributed by atoms with Crippen LogP contribution in [0.25, 0.3) is 0 Å². The highest BCUT2D eigenvalue weighted by Gasteiger charge is 2.15. The second-order valence-corrected chi connectivity index (χ2v) is 4.19. The number of carboxylic acid groups (broad SMARTS) is 1. The number of anilines is 1. The molecule has 0 aliphatic carbocycles. The van der Waals surface area contributed by atoms with Crippen LogP contribution in [-0.2, 0) is 0 Å². The number of nitrogens with two attached hydrogens (primary N) is 1. The lowest BCUT2D eigenvalue weighted by molar-refractivity contribution is 0.0697. The van der Waals surface area contributed by atoms with Gasteiger partial charge in [-0.2, -0.15) is 0 Å². The van der Waals surface area contributed by atoms with Gasteiger partial charge in [-0.15, -0.1) is 0 Å². The second-order valence-electron chi connectivity index (χ2n) is 4.19. The van der Waals surface area contributed by atoms with E-state index in [2.05, 4.69) is 0 Å². The van der Waals surface area contributed by atoms with E-state index in [1.165, 1.54) is 12.1 Å². The number of aryl methyl sites for hydroxylation is 1. The Bertz CT molecular complexity index is 686. The zero-order valence-electron chi connectivity index (χ0n) is 10.5. The normalized spacial score (nSPS) is 10.3. The summed E-state index contributed by atoms with van der Waals surface area (Å²) in [5, 5.41) is 8.93. The average molecular weight is 279 g/mol. The lowest BCUT2D eigenvalue weighted by Crippen LogP contribution is -2.04. The van der Waals surface area contributed by atoms with Gasteiger partial charge in [-0.05, 0) is 30.7 Å². The van der Waals surface area contributed by atoms with Crippen LogP contribution in [0.5, 0.6) is 11.5 Å². The molecule has 0 amide bonds. The fraction of sp³-hybridized carbons (Fsp3) is 0.0714. The topological polar surface area (TPSA) is 72.5 Å². The molecule has 2 aromatic rings. The minimum atomic E-state index is -1.29. The van der Waals surface area contributed by atoms with Crippen molar-refractivity contribution in [3.05, 3.63) is 53.1 Å². The summed E-state index contributed by atoms with van der Waals surface area (Å²) in [5.41, 5.74) is 5.41. The first-order valence-electron chi connectivity index (χ1n) is 5.65. The molecule has 0 heterocycles. The van der Waals surface area contributed by atoms with Gasteiger partial charge in [0.2, 0.25) is 0 Å². The van der Waals surface area contributed by atoms with Gasteiger partial charge in [0.15, 0.2) is 11.6 Å². The average Bonchev–Trinajstić information content (AvgIpc) is 2.35. The smallest absolute Gasteiger partial charge is 0.337 e. The van der Waals surface area contributed by atoms with Gasteiger partial charge in [0, 0.05) is 17.8 Å². The van der Waals surface area contributed by atoms with E-state index in [0.717, 1.165) is 18.2 Å². The van der Waals surface area contributed by atoms with Gasteiger partial charge in [0.25, 0.3) is 0 Å². The van der Waals surface area contributed by atoms with Crippen molar-refractivity contribution >= 4 is 11.7 Å². The van der Waals surface area contributed by atoms with Crippen LogP contribution in [0.3, 0.4) is 0 Å². The van der Waals surface area contributed by atoms with Crippen LogP contribution < -0.4 is 10.5 Å². The second kappa shape index (κ2) is 5.16. The van der Waals surface area contributed by atoms with Crippen LogP contribution in [0.15, 0.2) is 30.3 Å². The molecule has 104 valence electrons. The Kier molecular flexibility index (Phi) is 3.56. The number of carbonyl (C=O) groups is 1. The minimum absolute atomic E-state index is 0.196. The zero-order chi connectivity index (χ0) is 14.9. The van der Waals surface area contributed by atoms with Crippen LogP contribution in [0.2, 0.25) is 0 Å². The number of rotatable bonds is 3. The summed E-state index contributed by atoms with van der Waals surface area (Å²) in [6.45, 7) is 1.59. The molecule has 0 radical (unpaired) electrons. The Balaban J connectivity index is 2.43. The number of benzene rings is 2. The molecule has 2 rings (SSSR count). The SMILES string of the molecule is Cc1cc(F)ccc1Oc1cc(C(=O)O)c(N)cc1F.